The van der Waals surface area contributed by atoms with E-state index in [9.17, 15) is 9.59 Å². The highest BCUT2D eigenvalue weighted by molar-refractivity contribution is 6.07. The molecule has 0 spiro atoms. The zero-order chi connectivity index (χ0) is 24.0. The smallest absolute Gasteiger partial charge is 0.339 e. The number of amides is 1. The minimum atomic E-state index is -0.450. The van der Waals surface area contributed by atoms with Gasteiger partial charge in [0.15, 0.2) is 6.61 Å². The van der Waals surface area contributed by atoms with Crippen molar-refractivity contribution in [3.05, 3.63) is 77.0 Å². The van der Waals surface area contributed by atoms with Crippen LogP contribution in [0.4, 0.5) is 0 Å². The third-order valence-electron chi connectivity index (χ3n) is 7.09. The van der Waals surface area contributed by atoms with Crippen LogP contribution in [0.3, 0.4) is 0 Å². The van der Waals surface area contributed by atoms with Crippen molar-refractivity contribution < 1.29 is 14.3 Å². The van der Waals surface area contributed by atoms with Gasteiger partial charge in [-0.3, -0.25) is 4.79 Å². The minimum Gasteiger partial charge on any atom is -0.452 e. The third-order valence-corrected chi connectivity index (χ3v) is 7.09. The second-order valence-electron chi connectivity index (χ2n) is 9.60. The van der Waals surface area contributed by atoms with Gasteiger partial charge in [0.25, 0.3) is 5.91 Å². The van der Waals surface area contributed by atoms with Crippen molar-refractivity contribution in [2.75, 3.05) is 6.61 Å². The SMILES string of the molecule is O=C(COC(=O)c1c2c(nc3ccccc13)C(=Cc1ccccc1)CC2)NC1CCCCCCC1. The highest BCUT2D eigenvalue weighted by Crippen LogP contribution is 2.37. The summed E-state index contributed by atoms with van der Waals surface area (Å²) in [6, 6.07) is 18.0. The van der Waals surface area contributed by atoms with Gasteiger partial charge in [-0.25, -0.2) is 9.78 Å². The third kappa shape index (κ3) is 5.45. The van der Waals surface area contributed by atoms with Gasteiger partial charge >= 0.3 is 5.97 Å². The Morgan fingerprint density at radius 3 is 2.43 bits per heavy atom. The maximum Gasteiger partial charge on any atom is 0.339 e. The van der Waals surface area contributed by atoms with Crippen molar-refractivity contribution in [3.8, 4) is 0 Å². The molecule has 1 N–H and O–H groups in total. The second kappa shape index (κ2) is 10.9. The summed E-state index contributed by atoms with van der Waals surface area (Å²) in [6.07, 6.45) is 11.7. The fourth-order valence-electron chi connectivity index (χ4n) is 5.34. The monoisotopic (exact) mass is 468 g/mol. The predicted octanol–water partition coefficient (Wildman–Crippen LogP) is 6.11. The number of carbonyl (C=O) groups is 2. The molecule has 5 rings (SSSR count). The molecule has 35 heavy (non-hydrogen) atoms. The number of hydrogen-bond acceptors (Lipinski definition) is 4. The van der Waals surface area contributed by atoms with Crippen molar-refractivity contribution in [3.63, 3.8) is 0 Å². The van der Waals surface area contributed by atoms with Crippen LogP contribution in [0, 0.1) is 0 Å². The van der Waals surface area contributed by atoms with E-state index in [1.54, 1.807) is 0 Å². The summed E-state index contributed by atoms with van der Waals surface area (Å²) in [5, 5.41) is 3.86. The average Bonchev–Trinajstić information content (AvgIpc) is 3.25. The first-order valence-corrected chi connectivity index (χ1v) is 12.8. The lowest BCUT2D eigenvalue weighted by molar-refractivity contribution is -0.125. The molecule has 1 fully saturated rings. The number of aromatic nitrogens is 1. The summed E-state index contributed by atoms with van der Waals surface area (Å²) < 4.78 is 5.58. The van der Waals surface area contributed by atoms with Gasteiger partial charge in [0.05, 0.1) is 16.8 Å². The quantitative estimate of drug-likeness (QED) is 0.459. The first-order chi connectivity index (χ1) is 17.2. The summed E-state index contributed by atoms with van der Waals surface area (Å²) in [6.45, 7) is -0.256. The molecule has 5 heteroatoms. The first kappa shape index (κ1) is 23.3. The Morgan fingerprint density at radius 2 is 1.63 bits per heavy atom. The molecule has 2 aliphatic rings. The van der Waals surface area contributed by atoms with Crippen LogP contribution in [0.1, 0.15) is 78.5 Å². The zero-order valence-electron chi connectivity index (χ0n) is 20.1. The molecule has 180 valence electrons. The Bertz CT molecular complexity index is 1240. The minimum absolute atomic E-state index is 0.179. The Balaban J connectivity index is 1.36. The van der Waals surface area contributed by atoms with Crippen LogP contribution < -0.4 is 5.32 Å². The standard InChI is InChI=1S/C30H32N2O3/c33-27(31-23-13-7-2-1-3-8-14-23)20-35-30(34)28-24-15-9-10-16-26(24)32-29-22(17-18-25(28)29)19-21-11-5-4-6-12-21/h4-6,9-12,15-16,19,23H,1-3,7-8,13-14,17-18,20H2,(H,31,33). The van der Waals surface area contributed by atoms with Crippen molar-refractivity contribution in [1.82, 2.24) is 10.3 Å². The first-order valence-electron chi connectivity index (χ1n) is 12.8. The van der Waals surface area contributed by atoms with Crippen molar-refractivity contribution >= 4 is 34.4 Å². The van der Waals surface area contributed by atoms with Crippen LogP contribution in [-0.4, -0.2) is 29.5 Å². The number of rotatable bonds is 5. The van der Waals surface area contributed by atoms with Gasteiger partial charge in [-0.2, -0.15) is 0 Å². The molecule has 0 aliphatic heterocycles. The summed E-state index contributed by atoms with van der Waals surface area (Å²) in [5.41, 5.74) is 5.31. The molecule has 5 nitrogen and oxygen atoms in total. The molecule has 2 aromatic carbocycles. The van der Waals surface area contributed by atoms with E-state index in [1.165, 1.54) is 19.3 Å². The summed E-state index contributed by atoms with van der Waals surface area (Å²) in [7, 11) is 0. The number of pyridine rings is 1. The number of nitrogens with zero attached hydrogens (tertiary/aromatic N) is 1. The largest absolute Gasteiger partial charge is 0.452 e. The topological polar surface area (TPSA) is 68.3 Å². The molecule has 1 aromatic heterocycles. The van der Waals surface area contributed by atoms with Crippen LogP contribution in [-0.2, 0) is 16.0 Å². The predicted molar refractivity (Wildman–Crippen MR) is 139 cm³/mol. The molecule has 1 saturated carbocycles. The maximum atomic E-state index is 13.3. The van der Waals surface area contributed by atoms with Crippen LogP contribution in [0.5, 0.6) is 0 Å². The molecule has 3 aromatic rings. The van der Waals surface area contributed by atoms with E-state index in [2.05, 4.69) is 23.5 Å². The zero-order valence-corrected chi connectivity index (χ0v) is 20.1. The molecule has 2 aliphatic carbocycles. The Labute approximate surface area is 206 Å². The lowest BCUT2D eigenvalue weighted by Crippen LogP contribution is -2.38. The van der Waals surface area contributed by atoms with Crippen LogP contribution >= 0.6 is 0 Å². The Morgan fingerprint density at radius 1 is 0.914 bits per heavy atom. The molecule has 1 amide bonds. The number of para-hydroxylation sites is 1. The summed E-state index contributed by atoms with van der Waals surface area (Å²) >= 11 is 0. The average molecular weight is 469 g/mol. The molecule has 0 saturated heterocycles. The van der Waals surface area contributed by atoms with Crippen molar-refractivity contribution in [1.29, 1.82) is 0 Å². The van der Waals surface area contributed by atoms with E-state index in [0.717, 1.165) is 71.8 Å². The van der Waals surface area contributed by atoms with Gasteiger partial charge in [-0.15, -0.1) is 0 Å². The van der Waals surface area contributed by atoms with E-state index in [-0.39, 0.29) is 18.6 Å². The molecule has 0 radical (unpaired) electrons. The number of hydrogen-bond donors (Lipinski definition) is 1. The van der Waals surface area contributed by atoms with Crippen LogP contribution in [0.2, 0.25) is 0 Å². The lowest BCUT2D eigenvalue weighted by atomic mass is 9.97. The normalized spacial score (nSPS) is 17.5. The fraction of sp³-hybridized carbons (Fsp3) is 0.367. The van der Waals surface area contributed by atoms with Gasteiger partial charge in [-0.05, 0) is 54.5 Å². The highest BCUT2D eigenvalue weighted by Gasteiger charge is 2.28. The lowest BCUT2D eigenvalue weighted by Gasteiger charge is -2.21. The van der Waals surface area contributed by atoms with Gasteiger partial charge in [0, 0.05) is 11.4 Å². The van der Waals surface area contributed by atoms with E-state index < -0.39 is 5.97 Å². The Kier molecular flexibility index (Phi) is 7.22. The number of nitrogens with one attached hydrogen (secondary N) is 1. The van der Waals surface area contributed by atoms with E-state index in [1.807, 2.05) is 42.5 Å². The van der Waals surface area contributed by atoms with Crippen LogP contribution in [0.15, 0.2) is 54.6 Å². The van der Waals surface area contributed by atoms with Gasteiger partial charge < -0.3 is 10.1 Å². The molecular formula is C30H32N2O3. The number of benzene rings is 2. The van der Waals surface area contributed by atoms with Crippen molar-refractivity contribution in [2.24, 2.45) is 0 Å². The summed E-state index contributed by atoms with van der Waals surface area (Å²) in [5.74, 6) is -0.669. The molecule has 0 unspecified atom stereocenters. The van der Waals surface area contributed by atoms with E-state index >= 15 is 0 Å². The highest BCUT2D eigenvalue weighted by atomic mass is 16.5. The molecule has 1 heterocycles. The van der Waals surface area contributed by atoms with Crippen molar-refractivity contribution in [2.45, 2.75) is 63.8 Å². The number of ether oxygens (including phenoxy) is 1. The Hall–Kier alpha value is -3.47. The fourth-order valence-corrected chi connectivity index (χ4v) is 5.34. The maximum absolute atomic E-state index is 13.3. The van der Waals surface area contributed by atoms with Gasteiger partial charge in [0.2, 0.25) is 0 Å². The molecule has 0 atom stereocenters. The molecule has 0 bridgehead atoms. The number of esters is 1. The van der Waals surface area contributed by atoms with Gasteiger partial charge in [0.1, 0.15) is 0 Å². The summed E-state index contributed by atoms with van der Waals surface area (Å²) in [4.78, 5) is 30.8. The number of fused-ring (bicyclic) bond motifs is 2. The number of carbonyl (C=O) groups excluding carboxylic acids is 2. The van der Waals surface area contributed by atoms with E-state index in [4.69, 9.17) is 9.72 Å². The number of allylic oxidation sites excluding steroid dienone is 1. The van der Waals surface area contributed by atoms with Crippen LogP contribution in [0.25, 0.3) is 22.6 Å². The van der Waals surface area contributed by atoms with Gasteiger partial charge in [-0.1, -0.05) is 80.6 Å². The molecular weight excluding hydrogens is 436 g/mol. The van der Waals surface area contributed by atoms with E-state index in [0.29, 0.717) is 5.56 Å². The second-order valence-corrected chi connectivity index (χ2v) is 9.60.